The summed E-state index contributed by atoms with van der Waals surface area (Å²) in [6, 6.07) is 0.270. The van der Waals surface area contributed by atoms with Crippen molar-refractivity contribution < 1.29 is 14.3 Å². The summed E-state index contributed by atoms with van der Waals surface area (Å²) in [5.74, 6) is 0.530. The van der Waals surface area contributed by atoms with E-state index in [2.05, 4.69) is 0 Å². The Labute approximate surface area is 94.2 Å². The number of hydrogen-bond acceptors (Lipinski definition) is 3. The highest BCUT2D eigenvalue weighted by Gasteiger charge is 2.60. The van der Waals surface area contributed by atoms with E-state index < -0.39 is 0 Å². The molecule has 1 saturated carbocycles. The summed E-state index contributed by atoms with van der Waals surface area (Å²) < 4.78 is 5.10. The Morgan fingerprint density at radius 1 is 1.62 bits per heavy atom. The lowest BCUT2D eigenvalue weighted by atomic mass is 9.60. The van der Waals surface area contributed by atoms with Crippen LogP contribution in [0.25, 0.3) is 0 Å². The zero-order valence-corrected chi connectivity index (χ0v) is 9.26. The van der Waals surface area contributed by atoms with E-state index in [-0.39, 0.29) is 29.8 Å². The summed E-state index contributed by atoms with van der Waals surface area (Å²) in [5, 5.41) is 0. The molecule has 2 fully saturated rings. The van der Waals surface area contributed by atoms with Crippen LogP contribution in [-0.2, 0) is 14.3 Å². The third kappa shape index (κ3) is 1.10. The van der Waals surface area contributed by atoms with Gasteiger partial charge in [-0.3, -0.25) is 9.59 Å². The molecule has 0 bridgehead atoms. The average Bonchev–Trinajstić information content (AvgIpc) is 2.61. The fraction of sp³-hybridized carbons (Fsp3) is 0.667. The topological polar surface area (TPSA) is 46.6 Å². The molecular formula is C12H15NO3. The Hall–Kier alpha value is -1.32. The van der Waals surface area contributed by atoms with Crippen LogP contribution >= 0.6 is 0 Å². The van der Waals surface area contributed by atoms with Crippen LogP contribution in [0.5, 0.6) is 0 Å². The Bertz CT molecular complexity index is 376. The van der Waals surface area contributed by atoms with E-state index in [0.717, 1.165) is 13.0 Å². The summed E-state index contributed by atoms with van der Waals surface area (Å²) in [6.07, 6.45) is 4.44. The first kappa shape index (κ1) is 9.87. The predicted octanol–water partition coefficient (Wildman–Crippen LogP) is 0.582. The molecule has 86 valence electrons. The van der Waals surface area contributed by atoms with Crippen molar-refractivity contribution in [2.75, 3.05) is 13.2 Å². The second-order valence-corrected chi connectivity index (χ2v) is 4.69. The molecule has 0 N–H and O–H groups in total. The van der Waals surface area contributed by atoms with Gasteiger partial charge >= 0.3 is 5.97 Å². The first-order valence-corrected chi connectivity index (χ1v) is 5.89. The van der Waals surface area contributed by atoms with Crippen LogP contribution in [0.3, 0.4) is 0 Å². The van der Waals surface area contributed by atoms with Gasteiger partial charge in [0.05, 0.1) is 12.5 Å². The maximum absolute atomic E-state index is 11.8. The van der Waals surface area contributed by atoms with Crippen LogP contribution in [-0.4, -0.2) is 36.0 Å². The quantitative estimate of drug-likeness (QED) is 0.641. The minimum Gasteiger partial charge on any atom is -0.466 e. The molecule has 0 unspecified atom stereocenters. The molecule has 4 heteroatoms. The monoisotopic (exact) mass is 221 g/mol. The zero-order valence-electron chi connectivity index (χ0n) is 9.26. The largest absolute Gasteiger partial charge is 0.466 e. The second-order valence-electron chi connectivity index (χ2n) is 4.69. The number of amides is 1. The van der Waals surface area contributed by atoms with E-state index in [9.17, 15) is 9.59 Å². The van der Waals surface area contributed by atoms with Crippen LogP contribution in [0, 0.1) is 17.8 Å². The van der Waals surface area contributed by atoms with Crippen molar-refractivity contribution in [3.05, 3.63) is 12.2 Å². The van der Waals surface area contributed by atoms with Gasteiger partial charge in [0.25, 0.3) is 0 Å². The summed E-state index contributed by atoms with van der Waals surface area (Å²) in [4.78, 5) is 25.3. The molecule has 4 nitrogen and oxygen atoms in total. The molecule has 0 aromatic rings. The number of ether oxygens (including phenoxy) is 1. The highest BCUT2D eigenvalue weighted by molar-refractivity contribution is 5.90. The van der Waals surface area contributed by atoms with Gasteiger partial charge in [0.1, 0.15) is 0 Å². The standard InChI is InChI=1S/C12H15NO3/c1-2-16-12(15)10-7-3-4-9(14)13-6-5-8(10)11(7)13/h3-4,7-8,10-11H,2,5-6H2,1H3/t7-,8+,10-,11-/m1/s1. The van der Waals surface area contributed by atoms with Crippen LogP contribution < -0.4 is 0 Å². The van der Waals surface area contributed by atoms with Gasteiger partial charge in [-0.25, -0.2) is 0 Å². The Morgan fingerprint density at radius 2 is 2.44 bits per heavy atom. The van der Waals surface area contributed by atoms with E-state index in [1.807, 2.05) is 17.9 Å². The van der Waals surface area contributed by atoms with Crippen molar-refractivity contribution in [1.29, 1.82) is 0 Å². The first-order valence-electron chi connectivity index (χ1n) is 5.89. The molecule has 0 aromatic carbocycles. The molecule has 3 aliphatic rings. The number of carbonyl (C=O) groups is 2. The molecule has 16 heavy (non-hydrogen) atoms. The van der Waals surface area contributed by atoms with Gasteiger partial charge in [-0.1, -0.05) is 6.08 Å². The van der Waals surface area contributed by atoms with Crippen LogP contribution in [0.15, 0.2) is 12.2 Å². The van der Waals surface area contributed by atoms with Gasteiger partial charge in [-0.15, -0.1) is 0 Å². The Balaban J connectivity index is 1.83. The number of hydrogen-bond donors (Lipinski definition) is 0. The smallest absolute Gasteiger partial charge is 0.309 e. The van der Waals surface area contributed by atoms with Gasteiger partial charge in [0.15, 0.2) is 0 Å². The first-order chi connectivity index (χ1) is 7.74. The van der Waals surface area contributed by atoms with Gasteiger partial charge < -0.3 is 9.64 Å². The normalized spacial score (nSPS) is 39.3. The third-order valence-corrected chi connectivity index (χ3v) is 4.08. The van der Waals surface area contributed by atoms with Crippen molar-refractivity contribution in [3.63, 3.8) is 0 Å². The number of esters is 1. The van der Waals surface area contributed by atoms with Crippen molar-refractivity contribution in [1.82, 2.24) is 4.90 Å². The lowest BCUT2D eigenvalue weighted by Crippen LogP contribution is -2.59. The lowest BCUT2D eigenvalue weighted by Gasteiger charge is -2.50. The minimum absolute atomic E-state index is 0.0145. The highest BCUT2D eigenvalue weighted by atomic mass is 16.5. The van der Waals surface area contributed by atoms with Crippen molar-refractivity contribution >= 4 is 11.9 Å². The van der Waals surface area contributed by atoms with Gasteiger partial charge in [-0.2, -0.15) is 0 Å². The minimum atomic E-state index is -0.0883. The molecule has 1 aliphatic carbocycles. The van der Waals surface area contributed by atoms with Crippen LogP contribution in [0.2, 0.25) is 0 Å². The summed E-state index contributed by atoms with van der Waals surface area (Å²) in [6.45, 7) is 3.06. The summed E-state index contributed by atoms with van der Waals surface area (Å²) >= 11 is 0. The SMILES string of the molecule is CCOC(=O)[C@@H]1[C@H]2C=CC(=O)N3CC[C@@H]1[C@@H]23. The van der Waals surface area contributed by atoms with Gasteiger partial charge in [0.2, 0.25) is 5.91 Å². The van der Waals surface area contributed by atoms with Crippen LogP contribution in [0.4, 0.5) is 0 Å². The summed E-state index contributed by atoms with van der Waals surface area (Å²) in [5.41, 5.74) is 0. The molecule has 1 amide bonds. The van der Waals surface area contributed by atoms with Crippen molar-refractivity contribution in [2.45, 2.75) is 19.4 Å². The molecule has 4 atom stereocenters. The van der Waals surface area contributed by atoms with E-state index in [4.69, 9.17) is 4.74 Å². The fourth-order valence-electron chi connectivity index (χ4n) is 3.43. The molecule has 3 rings (SSSR count). The summed E-state index contributed by atoms with van der Waals surface area (Å²) in [7, 11) is 0. The molecule has 0 aromatic heterocycles. The third-order valence-electron chi connectivity index (χ3n) is 4.08. The van der Waals surface area contributed by atoms with E-state index in [0.29, 0.717) is 12.5 Å². The Morgan fingerprint density at radius 3 is 3.19 bits per heavy atom. The molecular weight excluding hydrogens is 206 g/mol. The van der Waals surface area contributed by atoms with Crippen molar-refractivity contribution in [3.8, 4) is 0 Å². The van der Waals surface area contributed by atoms with E-state index >= 15 is 0 Å². The highest BCUT2D eigenvalue weighted by Crippen LogP contribution is 2.52. The zero-order chi connectivity index (χ0) is 11.3. The number of carbonyl (C=O) groups excluding carboxylic acids is 2. The fourth-order valence-corrected chi connectivity index (χ4v) is 3.43. The maximum atomic E-state index is 11.8. The Kier molecular flexibility index (Phi) is 2.06. The predicted molar refractivity (Wildman–Crippen MR) is 56.4 cm³/mol. The molecule has 2 heterocycles. The van der Waals surface area contributed by atoms with Gasteiger partial charge in [0, 0.05) is 18.5 Å². The lowest BCUT2D eigenvalue weighted by molar-refractivity contribution is -0.163. The number of rotatable bonds is 2. The van der Waals surface area contributed by atoms with Crippen molar-refractivity contribution in [2.24, 2.45) is 17.8 Å². The average molecular weight is 221 g/mol. The van der Waals surface area contributed by atoms with E-state index in [1.165, 1.54) is 0 Å². The molecule has 2 aliphatic heterocycles. The number of nitrogens with zero attached hydrogens (tertiary/aromatic N) is 1. The molecule has 0 radical (unpaired) electrons. The van der Waals surface area contributed by atoms with Gasteiger partial charge in [-0.05, 0) is 25.3 Å². The van der Waals surface area contributed by atoms with E-state index in [1.54, 1.807) is 6.08 Å². The second kappa shape index (κ2) is 3.34. The van der Waals surface area contributed by atoms with Crippen LogP contribution in [0.1, 0.15) is 13.3 Å². The molecule has 1 saturated heterocycles. The maximum Gasteiger partial charge on any atom is 0.309 e. The molecule has 0 spiro atoms.